The normalized spacial score (nSPS) is 20.4. The van der Waals surface area contributed by atoms with Gasteiger partial charge in [-0.2, -0.15) is 0 Å². The molecule has 4 rings (SSSR count). The zero-order valence-corrected chi connectivity index (χ0v) is 20.6. The summed E-state index contributed by atoms with van der Waals surface area (Å²) in [5.41, 5.74) is 2.18. The fourth-order valence-electron chi connectivity index (χ4n) is 4.81. The minimum atomic E-state index is 0.187. The van der Waals surface area contributed by atoms with Crippen LogP contribution in [0.1, 0.15) is 44.6 Å². The molecule has 2 aromatic rings. The zero-order valence-electron chi connectivity index (χ0n) is 19.9. The molecule has 0 spiro atoms. The number of benzene rings is 2. The van der Waals surface area contributed by atoms with Gasteiger partial charge in [-0.15, -0.1) is 0 Å². The standard InChI is InChI=1S/C27H36ClN3O2/c1-21(2)30-17-15-29(16-18-30)14-3-19-33-26-11-9-25(10-12-26)31-20-23(6-13-27(31)32)22-4-7-24(28)8-5-22/h4-5,7-12,21,23H,3,6,13-20H2,1-2H3. The fourth-order valence-corrected chi connectivity index (χ4v) is 4.93. The molecule has 33 heavy (non-hydrogen) atoms. The quantitative estimate of drug-likeness (QED) is 0.507. The number of rotatable bonds is 8. The van der Waals surface area contributed by atoms with Gasteiger partial charge in [-0.3, -0.25) is 9.69 Å². The molecule has 0 saturated carbocycles. The molecule has 2 fully saturated rings. The molecule has 2 aromatic carbocycles. The van der Waals surface area contributed by atoms with Crippen molar-refractivity contribution in [2.45, 2.75) is 45.1 Å². The van der Waals surface area contributed by atoms with Gasteiger partial charge in [0.2, 0.25) is 5.91 Å². The van der Waals surface area contributed by atoms with E-state index in [1.54, 1.807) is 0 Å². The minimum Gasteiger partial charge on any atom is -0.494 e. The van der Waals surface area contributed by atoms with Crippen LogP contribution in [0.15, 0.2) is 48.5 Å². The topological polar surface area (TPSA) is 36.0 Å². The number of carbonyl (C=O) groups is 1. The summed E-state index contributed by atoms with van der Waals surface area (Å²) in [5.74, 6) is 1.38. The van der Waals surface area contributed by atoms with Gasteiger partial charge in [0.25, 0.3) is 0 Å². The number of anilines is 1. The van der Waals surface area contributed by atoms with E-state index in [1.165, 1.54) is 5.56 Å². The minimum absolute atomic E-state index is 0.187. The maximum Gasteiger partial charge on any atom is 0.227 e. The lowest BCUT2D eigenvalue weighted by atomic mass is 9.90. The molecule has 5 nitrogen and oxygen atoms in total. The molecule has 0 aliphatic carbocycles. The van der Waals surface area contributed by atoms with Crippen molar-refractivity contribution in [3.05, 3.63) is 59.1 Å². The van der Waals surface area contributed by atoms with Crippen molar-refractivity contribution < 1.29 is 9.53 Å². The van der Waals surface area contributed by atoms with Gasteiger partial charge in [-0.05, 0) is 68.7 Å². The number of amides is 1. The molecule has 178 valence electrons. The first-order valence-electron chi connectivity index (χ1n) is 12.2. The lowest BCUT2D eigenvalue weighted by molar-refractivity contribution is -0.119. The number of nitrogens with zero attached hydrogens (tertiary/aromatic N) is 3. The predicted molar refractivity (Wildman–Crippen MR) is 135 cm³/mol. The summed E-state index contributed by atoms with van der Waals surface area (Å²) in [6.07, 6.45) is 2.47. The monoisotopic (exact) mass is 469 g/mol. The third-order valence-electron chi connectivity index (χ3n) is 6.93. The SMILES string of the molecule is CC(C)N1CCN(CCCOc2ccc(N3CC(c4ccc(Cl)cc4)CCC3=O)cc2)CC1. The first-order chi connectivity index (χ1) is 16.0. The molecule has 0 radical (unpaired) electrons. The van der Waals surface area contributed by atoms with Crippen molar-refractivity contribution in [1.29, 1.82) is 0 Å². The highest BCUT2D eigenvalue weighted by molar-refractivity contribution is 6.30. The van der Waals surface area contributed by atoms with E-state index in [9.17, 15) is 4.79 Å². The first-order valence-corrected chi connectivity index (χ1v) is 12.6. The Morgan fingerprint density at radius 3 is 2.36 bits per heavy atom. The van der Waals surface area contributed by atoms with Gasteiger partial charge in [0.05, 0.1) is 6.61 Å². The molecule has 0 N–H and O–H groups in total. The van der Waals surface area contributed by atoms with Gasteiger partial charge in [-0.1, -0.05) is 23.7 Å². The summed E-state index contributed by atoms with van der Waals surface area (Å²) in [6, 6.07) is 16.6. The molecule has 0 bridgehead atoms. The van der Waals surface area contributed by atoms with Crippen LogP contribution in [0.2, 0.25) is 5.02 Å². The average molecular weight is 470 g/mol. The number of carbonyl (C=O) groups excluding carboxylic acids is 1. The van der Waals surface area contributed by atoms with Gasteiger partial charge in [0.1, 0.15) is 5.75 Å². The smallest absolute Gasteiger partial charge is 0.227 e. The van der Waals surface area contributed by atoms with Gasteiger partial charge in [0, 0.05) is 68.4 Å². The molecular weight excluding hydrogens is 434 g/mol. The van der Waals surface area contributed by atoms with Gasteiger partial charge in [0.15, 0.2) is 0 Å². The average Bonchev–Trinajstić information content (AvgIpc) is 2.83. The van der Waals surface area contributed by atoms with Crippen molar-refractivity contribution >= 4 is 23.2 Å². The fraction of sp³-hybridized carbons (Fsp3) is 0.519. The molecule has 1 unspecified atom stereocenters. The van der Waals surface area contributed by atoms with Crippen LogP contribution in [0.25, 0.3) is 0 Å². The van der Waals surface area contributed by atoms with Crippen LogP contribution in [0.5, 0.6) is 5.75 Å². The Balaban J connectivity index is 1.24. The van der Waals surface area contributed by atoms with E-state index in [2.05, 4.69) is 35.8 Å². The molecule has 1 amide bonds. The van der Waals surface area contributed by atoms with E-state index in [0.29, 0.717) is 31.5 Å². The number of piperazine rings is 1. The Bertz CT molecular complexity index is 893. The van der Waals surface area contributed by atoms with Crippen LogP contribution in [-0.2, 0) is 4.79 Å². The van der Waals surface area contributed by atoms with Crippen LogP contribution in [0.3, 0.4) is 0 Å². The Labute approximate surface area is 203 Å². The molecule has 2 saturated heterocycles. The second-order valence-corrected chi connectivity index (χ2v) is 9.90. The Kier molecular flexibility index (Phi) is 8.29. The van der Waals surface area contributed by atoms with Gasteiger partial charge < -0.3 is 14.5 Å². The summed E-state index contributed by atoms with van der Waals surface area (Å²) in [7, 11) is 0. The van der Waals surface area contributed by atoms with Crippen molar-refractivity contribution in [1.82, 2.24) is 9.80 Å². The number of piperidine rings is 1. The summed E-state index contributed by atoms with van der Waals surface area (Å²) < 4.78 is 5.97. The zero-order chi connectivity index (χ0) is 23.2. The van der Waals surface area contributed by atoms with Crippen LogP contribution in [0.4, 0.5) is 5.69 Å². The van der Waals surface area contributed by atoms with Crippen LogP contribution < -0.4 is 9.64 Å². The number of ether oxygens (including phenoxy) is 1. The third kappa shape index (κ3) is 6.50. The molecule has 2 aliphatic heterocycles. The lowest BCUT2D eigenvalue weighted by Gasteiger charge is -2.36. The first kappa shape index (κ1) is 24.1. The number of halogens is 1. The van der Waals surface area contributed by atoms with Crippen molar-refractivity contribution in [2.24, 2.45) is 0 Å². The summed E-state index contributed by atoms with van der Waals surface area (Å²) in [5, 5.41) is 0.742. The van der Waals surface area contributed by atoms with E-state index >= 15 is 0 Å². The van der Waals surface area contributed by atoms with Crippen molar-refractivity contribution in [2.75, 3.05) is 50.8 Å². The van der Waals surface area contributed by atoms with Crippen LogP contribution in [-0.4, -0.2) is 67.6 Å². The molecular formula is C27H36ClN3O2. The van der Waals surface area contributed by atoms with Crippen molar-refractivity contribution in [3.8, 4) is 5.75 Å². The molecule has 2 heterocycles. The number of hydrogen-bond donors (Lipinski definition) is 0. The summed E-state index contributed by atoms with van der Waals surface area (Å²) in [4.78, 5) is 19.6. The van der Waals surface area contributed by atoms with Gasteiger partial charge in [-0.25, -0.2) is 0 Å². The van der Waals surface area contributed by atoms with Crippen LogP contribution in [0, 0.1) is 0 Å². The van der Waals surface area contributed by atoms with E-state index < -0.39 is 0 Å². The third-order valence-corrected chi connectivity index (χ3v) is 7.18. The van der Waals surface area contributed by atoms with E-state index in [0.717, 1.165) is 62.0 Å². The Morgan fingerprint density at radius 1 is 1.00 bits per heavy atom. The number of hydrogen-bond acceptors (Lipinski definition) is 4. The molecule has 6 heteroatoms. The molecule has 1 atom stereocenters. The summed E-state index contributed by atoms with van der Waals surface area (Å²) in [6.45, 7) is 11.7. The van der Waals surface area contributed by atoms with Crippen LogP contribution >= 0.6 is 11.6 Å². The highest BCUT2D eigenvalue weighted by atomic mass is 35.5. The van der Waals surface area contributed by atoms with Gasteiger partial charge >= 0.3 is 0 Å². The maximum absolute atomic E-state index is 12.6. The van der Waals surface area contributed by atoms with E-state index in [4.69, 9.17) is 16.3 Å². The van der Waals surface area contributed by atoms with E-state index in [-0.39, 0.29) is 5.91 Å². The second-order valence-electron chi connectivity index (χ2n) is 9.46. The van der Waals surface area contributed by atoms with Crippen molar-refractivity contribution in [3.63, 3.8) is 0 Å². The lowest BCUT2D eigenvalue weighted by Crippen LogP contribution is -2.49. The highest BCUT2D eigenvalue weighted by Crippen LogP contribution is 2.32. The largest absolute Gasteiger partial charge is 0.494 e. The summed E-state index contributed by atoms with van der Waals surface area (Å²) >= 11 is 6.03. The highest BCUT2D eigenvalue weighted by Gasteiger charge is 2.27. The Hall–Kier alpha value is -2.08. The Morgan fingerprint density at radius 2 is 1.70 bits per heavy atom. The maximum atomic E-state index is 12.6. The van der Waals surface area contributed by atoms with E-state index in [1.807, 2.05) is 41.3 Å². The molecule has 2 aliphatic rings. The molecule has 0 aromatic heterocycles. The predicted octanol–water partition coefficient (Wildman–Crippen LogP) is 5.05. The second kappa shape index (κ2) is 11.4.